The Morgan fingerprint density at radius 3 is 1.85 bits per heavy atom. The summed E-state index contributed by atoms with van der Waals surface area (Å²) in [4.78, 5) is 3.56. The molecule has 0 aliphatic carbocycles. The van der Waals surface area contributed by atoms with E-state index in [0.29, 0.717) is 6.07 Å². The van der Waals surface area contributed by atoms with E-state index in [0.717, 1.165) is 0 Å². The molecule has 3 rings (SSSR count). The second kappa shape index (κ2) is 7.40. The van der Waals surface area contributed by atoms with E-state index < -0.39 is 17.6 Å². The molecule has 9 heteroatoms. The standard InChI is InChI=1S/C18H8Cl4F3NO/c19-11-5-1-3-8(14(11)21)10-7-13(18(23,24)25)26-16(17(10)27)9-4-2-6-12(20)15(9)22/h1-7,27H. The molecule has 27 heavy (non-hydrogen) atoms. The van der Waals surface area contributed by atoms with Gasteiger partial charge in [0.05, 0.1) is 20.1 Å². The molecule has 0 saturated carbocycles. The van der Waals surface area contributed by atoms with Gasteiger partial charge in [0.1, 0.15) is 17.1 Å². The minimum Gasteiger partial charge on any atom is -0.505 e. The van der Waals surface area contributed by atoms with Crippen molar-refractivity contribution in [2.45, 2.75) is 6.18 Å². The van der Waals surface area contributed by atoms with Gasteiger partial charge in [-0.1, -0.05) is 70.7 Å². The quantitative estimate of drug-likeness (QED) is 0.431. The number of nitrogens with zero attached hydrogens (tertiary/aromatic N) is 1. The molecule has 1 aromatic heterocycles. The largest absolute Gasteiger partial charge is 0.505 e. The van der Waals surface area contributed by atoms with Gasteiger partial charge >= 0.3 is 6.18 Å². The smallest absolute Gasteiger partial charge is 0.433 e. The van der Waals surface area contributed by atoms with Crippen molar-refractivity contribution in [3.63, 3.8) is 0 Å². The average Bonchev–Trinajstić information content (AvgIpc) is 2.59. The Labute approximate surface area is 172 Å². The van der Waals surface area contributed by atoms with Crippen LogP contribution in [-0.2, 0) is 6.18 Å². The number of alkyl halides is 3. The first-order chi connectivity index (χ1) is 12.6. The van der Waals surface area contributed by atoms with Crippen molar-refractivity contribution in [2.75, 3.05) is 0 Å². The van der Waals surface area contributed by atoms with E-state index in [2.05, 4.69) is 4.98 Å². The van der Waals surface area contributed by atoms with Crippen LogP contribution in [0, 0.1) is 0 Å². The Bertz CT molecular complexity index is 965. The molecule has 3 aromatic rings. The van der Waals surface area contributed by atoms with Gasteiger partial charge in [-0.05, 0) is 18.2 Å². The molecule has 0 unspecified atom stereocenters. The van der Waals surface area contributed by atoms with Gasteiger partial charge in [-0.2, -0.15) is 13.2 Å². The first-order valence-electron chi connectivity index (χ1n) is 7.31. The number of hydrogen-bond acceptors (Lipinski definition) is 2. The Morgan fingerprint density at radius 1 is 0.778 bits per heavy atom. The lowest BCUT2D eigenvalue weighted by Gasteiger charge is -2.16. The summed E-state index contributed by atoms with van der Waals surface area (Å²) in [5, 5.41) is 10.9. The van der Waals surface area contributed by atoms with Crippen molar-refractivity contribution >= 4 is 46.4 Å². The molecular formula is C18H8Cl4F3NO. The summed E-state index contributed by atoms with van der Waals surface area (Å²) in [7, 11) is 0. The van der Waals surface area contributed by atoms with E-state index in [4.69, 9.17) is 46.4 Å². The average molecular weight is 453 g/mol. The highest BCUT2D eigenvalue weighted by atomic mass is 35.5. The summed E-state index contributed by atoms with van der Waals surface area (Å²) in [5.41, 5.74) is -1.61. The lowest BCUT2D eigenvalue weighted by molar-refractivity contribution is -0.141. The van der Waals surface area contributed by atoms with Crippen LogP contribution in [0.1, 0.15) is 5.69 Å². The molecule has 140 valence electrons. The lowest BCUT2D eigenvalue weighted by Crippen LogP contribution is -2.09. The van der Waals surface area contributed by atoms with Gasteiger partial charge in [-0.3, -0.25) is 0 Å². The van der Waals surface area contributed by atoms with E-state index in [1.165, 1.54) is 36.4 Å². The third-order valence-electron chi connectivity index (χ3n) is 3.73. The normalized spacial score (nSPS) is 11.7. The number of halogens is 7. The minimum absolute atomic E-state index is 0.00284. The number of aromatic nitrogens is 1. The van der Waals surface area contributed by atoms with Crippen molar-refractivity contribution in [1.82, 2.24) is 4.98 Å². The molecule has 0 spiro atoms. The fourth-order valence-corrected chi connectivity index (χ4v) is 3.27. The Morgan fingerprint density at radius 2 is 1.30 bits per heavy atom. The molecule has 1 N–H and O–H groups in total. The summed E-state index contributed by atoms with van der Waals surface area (Å²) in [6, 6.07) is 9.47. The molecule has 0 bridgehead atoms. The Kier molecular flexibility index (Phi) is 5.50. The molecule has 0 fully saturated rings. The molecule has 0 aliphatic heterocycles. The van der Waals surface area contributed by atoms with Crippen LogP contribution in [0.4, 0.5) is 13.2 Å². The zero-order chi connectivity index (χ0) is 19.9. The predicted octanol–water partition coefficient (Wildman–Crippen LogP) is 7.75. The Hall–Kier alpha value is -1.66. The van der Waals surface area contributed by atoms with Crippen LogP contribution in [-0.4, -0.2) is 10.1 Å². The zero-order valence-electron chi connectivity index (χ0n) is 13.1. The Balaban J connectivity index is 2.39. The molecule has 2 aromatic carbocycles. The maximum absolute atomic E-state index is 13.4. The van der Waals surface area contributed by atoms with Gasteiger partial charge in [-0.25, -0.2) is 4.98 Å². The number of pyridine rings is 1. The highest BCUT2D eigenvalue weighted by molar-refractivity contribution is 6.44. The van der Waals surface area contributed by atoms with Crippen molar-refractivity contribution in [1.29, 1.82) is 0 Å². The summed E-state index contributed by atoms with van der Waals surface area (Å²) >= 11 is 24.1. The maximum atomic E-state index is 13.4. The summed E-state index contributed by atoms with van der Waals surface area (Å²) < 4.78 is 40.2. The number of hydrogen-bond donors (Lipinski definition) is 1. The molecule has 0 aliphatic rings. The van der Waals surface area contributed by atoms with E-state index in [1.807, 2.05) is 0 Å². The number of benzene rings is 2. The lowest BCUT2D eigenvalue weighted by atomic mass is 10.00. The van der Waals surface area contributed by atoms with Gasteiger partial charge in [0.15, 0.2) is 0 Å². The fourth-order valence-electron chi connectivity index (χ4n) is 2.48. The zero-order valence-corrected chi connectivity index (χ0v) is 16.1. The molecular weight excluding hydrogens is 445 g/mol. The van der Waals surface area contributed by atoms with E-state index in [1.54, 1.807) is 0 Å². The number of rotatable bonds is 2. The first-order valence-corrected chi connectivity index (χ1v) is 8.82. The van der Waals surface area contributed by atoms with E-state index in [9.17, 15) is 18.3 Å². The van der Waals surface area contributed by atoms with E-state index >= 15 is 0 Å². The fraction of sp³-hybridized carbons (Fsp3) is 0.0556. The first kappa shape index (κ1) is 20.1. The van der Waals surface area contributed by atoms with Crippen LogP contribution in [0.25, 0.3) is 22.4 Å². The highest BCUT2D eigenvalue weighted by Gasteiger charge is 2.35. The van der Waals surface area contributed by atoms with Crippen LogP contribution in [0.3, 0.4) is 0 Å². The van der Waals surface area contributed by atoms with Crippen molar-refractivity contribution < 1.29 is 18.3 Å². The van der Waals surface area contributed by atoms with Gasteiger partial charge < -0.3 is 5.11 Å². The van der Waals surface area contributed by atoms with Crippen molar-refractivity contribution in [3.05, 3.63) is 68.2 Å². The second-order valence-corrected chi connectivity index (χ2v) is 7.02. The summed E-state index contributed by atoms with van der Waals surface area (Å²) in [6.07, 6.45) is -4.77. The van der Waals surface area contributed by atoms with Gasteiger partial charge in [0.2, 0.25) is 0 Å². The third-order valence-corrected chi connectivity index (χ3v) is 5.37. The van der Waals surface area contributed by atoms with Gasteiger partial charge in [-0.15, -0.1) is 0 Å². The van der Waals surface area contributed by atoms with Crippen molar-refractivity contribution in [3.8, 4) is 28.1 Å². The topological polar surface area (TPSA) is 33.1 Å². The summed E-state index contributed by atoms with van der Waals surface area (Å²) in [6.45, 7) is 0. The summed E-state index contributed by atoms with van der Waals surface area (Å²) in [5.74, 6) is -0.531. The van der Waals surface area contributed by atoms with Crippen LogP contribution in [0.5, 0.6) is 5.75 Å². The van der Waals surface area contributed by atoms with Crippen LogP contribution in [0.2, 0.25) is 20.1 Å². The third kappa shape index (κ3) is 3.83. The molecule has 0 amide bonds. The minimum atomic E-state index is -4.77. The number of aromatic hydroxyl groups is 1. The van der Waals surface area contributed by atoms with Gasteiger partial charge in [0.25, 0.3) is 0 Å². The van der Waals surface area contributed by atoms with Crippen LogP contribution < -0.4 is 0 Å². The maximum Gasteiger partial charge on any atom is 0.433 e. The molecule has 0 atom stereocenters. The molecule has 0 radical (unpaired) electrons. The highest BCUT2D eigenvalue weighted by Crippen LogP contribution is 2.46. The van der Waals surface area contributed by atoms with Crippen LogP contribution in [0.15, 0.2) is 42.5 Å². The van der Waals surface area contributed by atoms with Crippen LogP contribution >= 0.6 is 46.4 Å². The van der Waals surface area contributed by atoms with Gasteiger partial charge in [0, 0.05) is 16.7 Å². The van der Waals surface area contributed by atoms with Crippen molar-refractivity contribution in [2.24, 2.45) is 0 Å². The SMILES string of the molecule is Oc1c(-c2cccc(Cl)c2Cl)cc(C(F)(F)F)nc1-c1cccc(Cl)c1Cl. The second-order valence-electron chi connectivity index (χ2n) is 5.45. The predicted molar refractivity (Wildman–Crippen MR) is 102 cm³/mol. The molecule has 1 heterocycles. The van der Waals surface area contributed by atoms with E-state index in [-0.39, 0.29) is 42.5 Å². The monoisotopic (exact) mass is 451 g/mol. The molecule has 0 saturated heterocycles. The molecule has 2 nitrogen and oxygen atoms in total.